The van der Waals surface area contributed by atoms with E-state index in [1.807, 2.05) is 13.8 Å². The molecule has 0 aliphatic rings. The molecule has 0 spiro atoms. The van der Waals surface area contributed by atoms with Gasteiger partial charge in [0.15, 0.2) is 0 Å². The molecule has 14 heavy (non-hydrogen) atoms. The number of rotatable bonds is 4. The molecule has 1 rings (SSSR count). The zero-order valence-electron chi connectivity index (χ0n) is 8.95. The summed E-state index contributed by atoms with van der Waals surface area (Å²) in [6, 6.07) is 8.50. The van der Waals surface area contributed by atoms with Crippen molar-refractivity contribution in [3.8, 4) is 0 Å². The second kappa shape index (κ2) is 5.50. The summed E-state index contributed by atoms with van der Waals surface area (Å²) in [4.78, 5) is 0. The standard InChI is InChI=1S/C12H16O.V/c1-4-11-5-7-12(8-6-11)9-13-10(2)3;/h5-8,10H,4H2,1-3H3;. The van der Waals surface area contributed by atoms with Crippen LogP contribution in [0.4, 0.5) is 0 Å². The van der Waals surface area contributed by atoms with E-state index in [9.17, 15) is 0 Å². The van der Waals surface area contributed by atoms with Gasteiger partial charge < -0.3 is 0 Å². The van der Waals surface area contributed by atoms with E-state index in [2.05, 4.69) is 48.2 Å². The molecule has 0 bridgehead atoms. The van der Waals surface area contributed by atoms with Gasteiger partial charge in [-0.2, -0.15) is 0 Å². The number of hydrogen-bond donors (Lipinski definition) is 0. The third-order valence-corrected chi connectivity index (χ3v) is 2.52. The molecule has 0 N–H and O–H groups in total. The maximum absolute atomic E-state index is 5.60. The van der Waals surface area contributed by atoms with Crippen molar-refractivity contribution in [1.29, 1.82) is 0 Å². The van der Waals surface area contributed by atoms with E-state index < -0.39 is 0 Å². The Bertz CT molecular complexity index is 301. The summed E-state index contributed by atoms with van der Waals surface area (Å²) >= 11 is 2.49. The Balaban J connectivity index is 2.71. The average Bonchev–Trinajstić information content (AvgIpc) is 2.17. The van der Waals surface area contributed by atoms with Crippen LogP contribution in [-0.4, -0.2) is 10.5 Å². The first-order valence-electron chi connectivity index (χ1n) is 4.95. The van der Waals surface area contributed by atoms with Crippen LogP contribution in [0, 0.1) is 0 Å². The quantitative estimate of drug-likeness (QED) is 0.768. The van der Waals surface area contributed by atoms with Gasteiger partial charge in [0.2, 0.25) is 0 Å². The Kier molecular flexibility index (Phi) is 4.60. The molecule has 1 nitrogen and oxygen atoms in total. The van der Waals surface area contributed by atoms with Gasteiger partial charge in [-0.15, -0.1) is 0 Å². The first-order chi connectivity index (χ1) is 6.63. The van der Waals surface area contributed by atoms with E-state index >= 15 is 0 Å². The van der Waals surface area contributed by atoms with Gasteiger partial charge in [0.25, 0.3) is 0 Å². The molecule has 0 atom stereocenters. The third kappa shape index (κ3) is 3.41. The predicted octanol–water partition coefficient (Wildman–Crippen LogP) is 2.70. The van der Waals surface area contributed by atoms with Gasteiger partial charge in [-0.1, -0.05) is 0 Å². The molecule has 2 heteroatoms. The van der Waals surface area contributed by atoms with Gasteiger partial charge >= 0.3 is 94.8 Å². The van der Waals surface area contributed by atoms with Crippen LogP contribution in [0.15, 0.2) is 24.3 Å². The fourth-order valence-electron chi connectivity index (χ4n) is 1.17. The van der Waals surface area contributed by atoms with E-state index in [0.29, 0.717) is 0 Å². The zero-order chi connectivity index (χ0) is 10.6. The summed E-state index contributed by atoms with van der Waals surface area (Å²) in [7, 11) is 0. The first-order valence-corrected chi connectivity index (χ1v) is 5.65. The Morgan fingerprint density at radius 2 is 1.86 bits per heavy atom. The molecule has 75 valence electrons. The van der Waals surface area contributed by atoms with Crippen molar-refractivity contribution in [2.75, 3.05) is 0 Å². The third-order valence-electron chi connectivity index (χ3n) is 1.96. The Hall–Kier alpha value is -0.366. The van der Waals surface area contributed by atoms with E-state index in [1.165, 1.54) is 5.56 Å². The molecule has 0 saturated heterocycles. The fourth-order valence-corrected chi connectivity index (χ4v) is 1.74. The summed E-state index contributed by atoms with van der Waals surface area (Å²) in [5, 5.41) is 0. The monoisotopic (exact) mass is 227 g/mol. The molecule has 0 fully saturated rings. The van der Waals surface area contributed by atoms with Crippen LogP contribution in [0.25, 0.3) is 0 Å². The first kappa shape index (κ1) is 11.7. The summed E-state index contributed by atoms with van der Waals surface area (Å²) in [5.74, 6) is 0. The van der Waals surface area contributed by atoms with Crippen LogP contribution < -0.4 is 0 Å². The van der Waals surface area contributed by atoms with Crippen molar-refractivity contribution in [1.82, 2.24) is 0 Å². The molecule has 0 unspecified atom stereocenters. The van der Waals surface area contributed by atoms with Crippen LogP contribution >= 0.6 is 0 Å². The van der Waals surface area contributed by atoms with Crippen LogP contribution in [0.3, 0.4) is 0 Å². The van der Waals surface area contributed by atoms with Gasteiger partial charge in [-0.05, 0) is 0 Å². The molecule has 0 saturated carbocycles. The minimum absolute atomic E-state index is 0.235. The minimum atomic E-state index is 0.235. The summed E-state index contributed by atoms with van der Waals surface area (Å²) in [5.41, 5.74) is 2.51. The number of ether oxygens (including phenoxy) is 1. The summed E-state index contributed by atoms with van der Waals surface area (Å²) < 4.78 is 6.54. The molecule has 0 aliphatic carbocycles. The molecule has 0 aromatic heterocycles. The van der Waals surface area contributed by atoms with Crippen molar-refractivity contribution in [3.63, 3.8) is 0 Å². The Morgan fingerprint density at radius 1 is 1.29 bits per heavy atom. The van der Waals surface area contributed by atoms with E-state index in [-0.39, 0.29) is 6.10 Å². The number of benzene rings is 1. The topological polar surface area (TPSA) is 9.23 Å². The normalized spacial score (nSPS) is 10.5. The molecular formula is C12H16OV. The SMILES string of the molecule is CCc1ccc([C](=[V])OC(C)C)cc1. The molecular weight excluding hydrogens is 211 g/mol. The van der Waals surface area contributed by atoms with Gasteiger partial charge in [-0.3, -0.25) is 0 Å². The van der Waals surface area contributed by atoms with Crippen molar-refractivity contribution >= 4 is 4.41 Å². The molecule has 1 aromatic rings. The summed E-state index contributed by atoms with van der Waals surface area (Å²) in [6.07, 6.45) is 1.32. The number of aryl methyl sites for hydroxylation is 1. The molecule has 0 heterocycles. The van der Waals surface area contributed by atoms with Gasteiger partial charge in [0, 0.05) is 0 Å². The predicted molar refractivity (Wildman–Crippen MR) is 56.2 cm³/mol. The Labute approximate surface area is 95.0 Å². The van der Waals surface area contributed by atoms with Gasteiger partial charge in [0.1, 0.15) is 0 Å². The van der Waals surface area contributed by atoms with Crippen molar-refractivity contribution < 1.29 is 21.7 Å². The van der Waals surface area contributed by atoms with E-state index in [1.54, 1.807) is 0 Å². The summed E-state index contributed by atoms with van der Waals surface area (Å²) in [6.45, 7) is 6.23. The molecule has 0 aliphatic heterocycles. The van der Waals surface area contributed by atoms with Crippen molar-refractivity contribution in [2.45, 2.75) is 33.3 Å². The maximum atomic E-state index is 5.60. The van der Waals surface area contributed by atoms with E-state index in [0.717, 1.165) is 16.4 Å². The van der Waals surface area contributed by atoms with Crippen molar-refractivity contribution in [3.05, 3.63) is 35.4 Å². The van der Waals surface area contributed by atoms with Crippen LogP contribution in [0.5, 0.6) is 0 Å². The van der Waals surface area contributed by atoms with Gasteiger partial charge in [0.05, 0.1) is 0 Å². The van der Waals surface area contributed by atoms with Crippen LogP contribution in [0.1, 0.15) is 31.9 Å². The average molecular weight is 227 g/mol. The Morgan fingerprint density at radius 3 is 2.29 bits per heavy atom. The second-order valence-electron chi connectivity index (χ2n) is 3.52. The van der Waals surface area contributed by atoms with Gasteiger partial charge in [-0.25, -0.2) is 0 Å². The molecule has 0 amide bonds. The van der Waals surface area contributed by atoms with Crippen LogP contribution in [-0.2, 0) is 28.1 Å². The zero-order valence-corrected chi connectivity index (χ0v) is 10.3. The van der Waals surface area contributed by atoms with E-state index in [4.69, 9.17) is 4.74 Å². The van der Waals surface area contributed by atoms with Crippen molar-refractivity contribution in [2.24, 2.45) is 0 Å². The fraction of sp³-hybridized carbons (Fsp3) is 0.417. The molecule has 0 radical (unpaired) electrons. The number of hydrogen-bond acceptors (Lipinski definition) is 1. The molecule has 1 aromatic carbocycles. The van der Waals surface area contributed by atoms with Crippen LogP contribution in [0.2, 0.25) is 0 Å². The second-order valence-corrected chi connectivity index (χ2v) is 4.16.